The van der Waals surface area contributed by atoms with E-state index in [2.05, 4.69) is 10.2 Å². The fraction of sp³-hybridized carbons (Fsp3) is 0.385. The highest BCUT2D eigenvalue weighted by Gasteiger charge is 2.36. The average molecular weight is 583 g/mol. The lowest BCUT2D eigenvalue weighted by Crippen LogP contribution is -2.51. The van der Waals surface area contributed by atoms with Crippen LogP contribution in [0.1, 0.15) is 35.7 Å². The van der Waals surface area contributed by atoms with Gasteiger partial charge >= 0.3 is 12.1 Å². The second-order valence-electron chi connectivity index (χ2n) is 9.03. The number of likely N-dealkylation sites (tertiary alicyclic amines) is 1. The van der Waals surface area contributed by atoms with E-state index in [-0.39, 0.29) is 39.0 Å². The zero-order chi connectivity index (χ0) is 28.2. The van der Waals surface area contributed by atoms with Gasteiger partial charge in [-0.1, -0.05) is 48.4 Å². The first-order chi connectivity index (χ1) is 18.6. The van der Waals surface area contributed by atoms with E-state index in [1.54, 1.807) is 29.2 Å². The Bertz CT molecular complexity index is 1330. The van der Waals surface area contributed by atoms with E-state index in [4.69, 9.17) is 21.4 Å². The van der Waals surface area contributed by atoms with Gasteiger partial charge in [0.1, 0.15) is 17.4 Å². The van der Waals surface area contributed by atoms with Crippen LogP contribution in [-0.2, 0) is 11.0 Å². The van der Waals surface area contributed by atoms with E-state index in [0.717, 1.165) is 23.8 Å². The number of amides is 1. The molecule has 1 N–H and O–H groups in total. The van der Waals surface area contributed by atoms with Crippen molar-refractivity contribution in [3.05, 3.63) is 58.6 Å². The Kier molecular flexibility index (Phi) is 9.08. The van der Waals surface area contributed by atoms with Crippen LogP contribution in [0.25, 0.3) is 10.6 Å². The Morgan fingerprint density at radius 3 is 2.62 bits per heavy atom. The van der Waals surface area contributed by atoms with Crippen LogP contribution >= 0.6 is 22.9 Å². The molecule has 0 spiro atoms. The standard InChI is InChI=1S/C26H26ClF3N4O4S/c1-2-3-10-34(23(35)18-6-4-5-7-20(18)27)25-32-31-22(39-25)16-8-9-21(19(13-16)26(28,29)30)38-12-11-33-14-17(15-33)24(36)37/h4-9,13,17H,2-3,10-12,14-15H2,1H3,(H,36,37). The molecule has 0 radical (unpaired) electrons. The van der Waals surface area contributed by atoms with Crippen molar-refractivity contribution < 1.29 is 32.6 Å². The minimum atomic E-state index is -4.68. The van der Waals surface area contributed by atoms with Crippen molar-refractivity contribution in [3.8, 4) is 16.3 Å². The molecule has 8 nitrogen and oxygen atoms in total. The van der Waals surface area contributed by atoms with Gasteiger partial charge in [-0.3, -0.25) is 19.4 Å². The number of alkyl halides is 3. The summed E-state index contributed by atoms with van der Waals surface area (Å²) in [5.74, 6) is -2.04. The third-order valence-corrected chi connectivity index (χ3v) is 7.56. The number of halogens is 4. The van der Waals surface area contributed by atoms with Crippen LogP contribution in [0.2, 0.25) is 5.02 Å². The molecule has 13 heteroatoms. The fourth-order valence-electron chi connectivity index (χ4n) is 4.03. The maximum absolute atomic E-state index is 13.9. The number of carbonyl (C=O) groups excluding carboxylic acids is 1. The third kappa shape index (κ3) is 6.87. The molecule has 1 aliphatic heterocycles. The first-order valence-corrected chi connectivity index (χ1v) is 13.5. The van der Waals surface area contributed by atoms with Crippen molar-refractivity contribution in [1.82, 2.24) is 15.1 Å². The summed E-state index contributed by atoms with van der Waals surface area (Å²) < 4.78 is 47.1. The number of aromatic nitrogens is 2. The van der Waals surface area contributed by atoms with E-state index < -0.39 is 23.6 Å². The van der Waals surface area contributed by atoms with Crippen LogP contribution in [0.5, 0.6) is 5.75 Å². The van der Waals surface area contributed by atoms with Gasteiger partial charge in [-0.15, -0.1) is 10.2 Å². The number of hydrogen-bond acceptors (Lipinski definition) is 7. The molecule has 0 bridgehead atoms. The van der Waals surface area contributed by atoms with Crippen molar-refractivity contribution in [1.29, 1.82) is 0 Å². The third-order valence-electron chi connectivity index (χ3n) is 6.23. The molecule has 0 saturated carbocycles. The number of anilines is 1. The molecule has 1 aliphatic rings. The number of benzene rings is 2. The molecule has 1 amide bonds. The predicted molar refractivity (Wildman–Crippen MR) is 141 cm³/mol. The van der Waals surface area contributed by atoms with Crippen LogP contribution < -0.4 is 9.64 Å². The van der Waals surface area contributed by atoms with Gasteiger partial charge in [0.25, 0.3) is 5.91 Å². The molecule has 1 fully saturated rings. The Labute approximate surface area is 232 Å². The van der Waals surface area contributed by atoms with Gasteiger partial charge in [-0.2, -0.15) is 13.2 Å². The second-order valence-corrected chi connectivity index (χ2v) is 10.4. The van der Waals surface area contributed by atoms with Crippen molar-refractivity contribution in [2.45, 2.75) is 25.9 Å². The van der Waals surface area contributed by atoms with Crippen LogP contribution in [0, 0.1) is 5.92 Å². The van der Waals surface area contributed by atoms with E-state index in [0.29, 0.717) is 38.2 Å². The number of carboxylic acids is 1. The number of rotatable bonds is 11. The van der Waals surface area contributed by atoms with E-state index in [1.807, 2.05) is 6.92 Å². The summed E-state index contributed by atoms with van der Waals surface area (Å²) in [5, 5.41) is 17.9. The van der Waals surface area contributed by atoms with E-state index in [1.165, 1.54) is 17.0 Å². The number of carboxylic acid groups (broad SMARTS) is 1. The minimum absolute atomic E-state index is 0.0196. The number of hydrogen-bond donors (Lipinski definition) is 1. The number of aliphatic carboxylic acids is 1. The first-order valence-electron chi connectivity index (χ1n) is 12.3. The van der Waals surface area contributed by atoms with Gasteiger partial charge in [0.2, 0.25) is 5.13 Å². The monoisotopic (exact) mass is 582 g/mol. The van der Waals surface area contributed by atoms with E-state index in [9.17, 15) is 22.8 Å². The quantitative estimate of drug-likeness (QED) is 0.309. The first kappa shape index (κ1) is 28.8. The average Bonchev–Trinajstić information content (AvgIpc) is 3.35. The summed E-state index contributed by atoms with van der Waals surface area (Å²) in [6, 6.07) is 10.3. The van der Waals surface area contributed by atoms with Gasteiger partial charge < -0.3 is 9.84 Å². The molecule has 0 atom stereocenters. The topological polar surface area (TPSA) is 95.9 Å². The van der Waals surface area contributed by atoms with Crippen LogP contribution in [-0.4, -0.2) is 64.9 Å². The minimum Gasteiger partial charge on any atom is -0.492 e. The van der Waals surface area contributed by atoms with Crippen LogP contribution in [0.15, 0.2) is 42.5 Å². The van der Waals surface area contributed by atoms with Gasteiger partial charge in [-0.05, 0) is 36.8 Å². The predicted octanol–water partition coefficient (Wildman–Crippen LogP) is 5.72. The number of ether oxygens (including phenoxy) is 1. The van der Waals surface area contributed by atoms with Gasteiger partial charge in [0.15, 0.2) is 0 Å². The smallest absolute Gasteiger partial charge is 0.419 e. The molecular weight excluding hydrogens is 557 g/mol. The molecule has 208 valence electrons. The zero-order valence-electron chi connectivity index (χ0n) is 20.9. The lowest BCUT2D eigenvalue weighted by atomic mass is 10.0. The summed E-state index contributed by atoms with van der Waals surface area (Å²) >= 11 is 7.23. The maximum Gasteiger partial charge on any atom is 0.419 e. The normalized spacial score (nSPS) is 14.2. The fourth-order valence-corrected chi connectivity index (χ4v) is 5.11. The lowest BCUT2D eigenvalue weighted by Gasteiger charge is -2.36. The largest absolute Gasteiger partial charge is 0.492 e. The Balaban J connectivity index is 1.52. The van der Waals surface area contributed by atoms with Crippen molar-refractivity contribution >= 4 is 39.9 Å². The van der Waals surface area contributed by atoms with Crippen molar-refractivity contribution in [2.75, 3.05) is 37.7 Å². The van der Waals surface area contributed by atoms with Crippen molar-refractivity contribution in [3.63, 3.8) is 0 Å². The highest BCUT2D eigenvalue weighted by atomic mass is 35.5. The molecular formula is C26H26ClF3N4O4S. The summed E-state index contributed by atoms with van der Waals surface area (Å²) in [6.07, 6.45) is -3.19. The molecule has 4 rings (SSSR count). The summed E-state index contributed by atoms with van der Waals surface area (Å²) in [4.78, 5) is 27.4. The molecule has 3 aromatic rings. The van der Waals surface area contributed by atoms with E-state index >= 15 is 0 Å². The van der Waals surface area contributed by atoms with Crippen molar-refractivity contribution in [2.24, 2.45) is 5.92 Å². The second kappa shape index (κ2) is 12.3. The molecule has 0 unspecified atom stereocenters. The molecule has 2 heterocycles. The highest BCUT2D eigenvalue weighted by molar-refractivity contribution is 7.18. The summed E-state index contributed by atoms with van der Waals surface area (Å²) in [7, 11) is 0. The Morgan fingerprint density at radius 2 is 1.95 bits per heavy atom. The van der Waals surface area contributed by atoms with Crippen LogP contribution in [0.4, 0.5) is 18.3 Å². The highest BCUT2D eigenvalue weighted by Crippen LogP contribution is 2.40. The van der Waals surface area contributed by atoms with Crippen LogP contribution in [0.3, 0.4) is 0 Å². The molecule has 0 aliphatic carbocycles. The van der Waals surface area contributed by atoms with Gasteiger partial charge in [0, 0.05) is 31.7 Å². The molecule has 1 aromatic heterocycles. The maximum atomic E-state index is 13.9. The summed E-state index contributed by atoms with van der Waals surface area (Å²) in [5.41, 5.74) is -0.477. The lowest BCUT2D eigenvalue weighted by molar-refractivity contribution is -0.148. The number of carbonyl (C=O) groups is 2. The Morgan fingerprint density at radius 1 is 1.21 bits per heavy atom. The SMILES string of the molecule is CCCCN(C(=O)c1ccccc1Cl)c1nnc(-c2ccc(OCCN3CC(C(=O)O)C3)c(C(F)(F)F)c2)s1. The molecule has 39 heavy (non-hydrogen) atoms. The zero-order valence-corrected chi connectivity index (χ0v) is 22.5. The number of nitrogens with zero attached hydrogens (tertiary/aromatic N) is 4. The number of unbranched alkanes of at least 4 members (excludes halogenated alkanes) is 1. The summed E-state index contributed by atoms with van der Waals surface area (Å²) in [6.45, 7) is 3.31. The Hall–Kier alpha value is -3.22. The van der Waals surface area contributed by atoms with Gasteiger partial charge in [0.05, 0.1) is 22.1 Å². The van der Waals surface area contributed by atoms with Gasteiger partial charge in [-0.25, -0.2) is 0 Å². The molecule has 1 saturated heterocycles. The molecule has 2 aromatic carbocycles.